The summed E-state index contributed by atoms with van der Waals surface area (Å²) in [5.74, 6) is 0.949. The maximum absolute atomic E-state index is 13.6. The van der Waals surface area contributed by atoms with Crippen molar-refractivity contribution in [3.63, 3.8) is 0 Å². The van der Waals surface area contributed by atoms with Gasteiger partial charge in [0.15, 0.2) is 0 Å². The van der Waals surface area contributed by atoms with Crippen LogP contribution < -0.4 is 5.73 Å². The Bertz CT molecular complexity index is 1140. The molecular formula is C24H23FN4O. The van der Waals surface area contributed by atoms with Crippen molar-refractivity contribution in [2.75, 3.05) is 5.73 Å². The smallest absolute Gasteiger partial charge is 0.147 e. The van der Waals surface area contributed by atoms with Gasteiger partial charge in [0.2, 0.25) is 0 Å². The van der Waals surface area contributed by atoms with Crippen molar-refractivity contribution in [3.8, 4) is 11.4 Å². The normalized spacial score (nSPS) is 15.2. The molecule has 0 spiro atoms. The largest absolute Gasteiger partial charge is 0.383 e. The van der Waals surface area contributed by atoms with Gasteiger partial charge in [-0.15, -0.1) is 0 Å². The van der Waals surface area contributed by atoms with Gasteiger partial charge < -0.3 is 10.5 Å². The number of nitrogens with zero attached hydrogens (tertiary/aromatic N) is 3. The van der Waals surface area contributed by atoms with E-state index in [0.717, 1.165) is 47.3 Å². The minimum absolute atomic E-state index is 0.250. The molecule has 5 rings (SSSR count). The third-order valence-corrected chi connectivity index (χ3v) is 5.89. The van der Waals surface area contributed by atoms with Gasteiger partial charge in [-0.1, -0.05) is 42.5 Å². The first-order valence-corrected chi connectivity index (χ1v) is 10.2. The zero-order valence-electron chi connectivity index (χ0n) is 16.6. The summed E-state index contributed by atoms with van der Waals surface area (Å²) in [5.41, 5.74) is 9.53. The van der Waals surface area contributed by atoms with Gasteiger partial charge in [-0.25, -0.2) is 14.4 Å². The standard InChI is InChI=1S/C24H23FN4O/c25-20-9-4-8-18(13-20)12-19-14-27-23-21(19)22(26)28-16-29(23)24(10-5-11-24)30-15-17-6-2-1-3-7-17/h1-4,6-9,13-14,16H,5,10-12,15,26H2. The molecule has 2 aliphatic heterocycles. The molecule has 0 amide bonds. The van der Waals surface area contributed by atoms with Crippen LogP contribution in [0.1, 0.15) is 36.0 Å². The molecule has 0 unspecified atom stereocenters. The number of benzene rings is 2. The summed E-state index contributed by atoms with van der Waals surface area (Å²) in [6.45, 7) is 0.524. The van der Waals surface area contributed by atoms with Crippen molar-refractivity contribution in [1.29, 1.82) is 0 Å². The molecule has 0 atom stereocenters. The van der Waals surface area contributed by atoms with Crippen molar-refractivity contribution in [2.24, 2.45) is 0 Å². The van der Waals surface area contributed by atoms with E-state index in [2.05, 4.69) is 22.1 Å². The molecule has 1 saturated carbocycles. The highest BCUT2D eigenvalue weighted by atomic mass is 19.1. The topological polar surface area (TPSA) is 66.0 Å². The number of hydrogen-bond donors (Lipinski definition) is 1. The number of anilines is 1. The van der Waals surface area contributed by atoms with Crippen LogP contribution in [0.4, 0.5) is 10.2 Å². The Morgan fingerprint density at radius 2 is 1.83 bits per heavy atom. The summed E-state index contributed by atoms with van der Waals surface area (Å²) in [6.07, 6.45) is 6.98. The van der Waals surface area contributed by atoms with Crippen LogP contribution in [0.5, 0.6) is 0 Å². The van der Waals surface area contributed by atoms with E-state index in [0.29, 0.717) is 18.8 Å². The van der Waals surface area contributed by atoms with Crippen molar-refractivity contribution in [2.45, 2.75) is 38.0 Å². The van der Waals surface area contributed by atoms with Gasteiger partial charge in [-0.3, -0.25) is 4.57 Å². The fourth-order valence-electron chi connectivity index (χ4n) is 4.14. The van der Waals surface area contributed by atoms with E-state index in [1.807, 2.05) is 35.0 Å². The van der Waals surface area contributed by atoms with Gasteiger partial charge in [0.1, 0.15) is 29.5 Å². The van der Waals surface area contributed by atoms with E-state index >= 15 is 0 Å². The number of nitrogen functional groups attached to an aromatic ring is 1. The van der Waals surface area contributed by atoms with E-state index in [-0.39, 0.29) is 5.82 Å². The number of ether oxygens (including phenoxy) is 1. The van der Waals surface area contributed by atoms with Crippen molar-refractivity contribution >= 4 is 5.82 Å². The Hall–Kier alpha value is -3.25. The average Bonchev–Trinajstić information content (AvgIpc) is 3.14. The maximum atomic E-state index is 13.6. The predicted molar refractivity (Wildman–Crippen MR) is 113 cm³/mol. The predicted octanol–water partition coefficient (Wildman–Crippen LogP) is 4.75. The molecule has 2 aromatic carbocycles. The van der Waals surface area contributed by atoms with Gasteiger partial charge in [0.05, 0.1) is 12.2 Å². The first-order valence-electron chi connectivity index (χ1n) is 10.2. The van der Waals surface area contributed by atoms with Crippen LogP contribution in [-0.4, -0.2) is 14.5 Å². The molecule has 1 aliphatic carbocycles. The zero-order valence-corrected chi connectivity index (χ0v) is 16.6. The van der Waals surface area contributed by atoms with Crippen molar-refractivity contribution in [1.82, 2.24) is 14.5 Å². The summed E-state index contributed by atoms with van der Waals surface area (Å²) in [7, 11) is 0. The van der Waals surface area contributed by atoms with E-state index in [1.165, 1.54) is 12.1 Å². The van der Waals surface area contributed by atoms with Crippen molar-refractivity contribution in [3.05, 3.63) is 89.6 Å². The average molecular weight is 402 g/mol. The molecule has 3 aliphatic rings. The first kappa shape index (κ1) is 18.8. The minimum Gasteiger partial charge on any atom is -0.383 e. The molecule has 152 valence electrons. The minimum atomic E-state index is -0.466. The molecule has 2 aromatic rings. The van der Waals surface area contributed by atoms with Crippen LogP contribution in [0.15, 0.2) is 67.1 Å². The number of hydrogen-bond acceptors (Lipinski definition) is 4. The molecule has 0 saturated heterocycles. The molecule has 5 nitrogen and oxygen atoms in total. The van der Waals surface area contributed by atoms with Gasteiger partial charge in [0, 0.05) is 6.20 Å². The molecule has 0 radical (unpaired) electrons. The third-order valence-electron chi connectivity index (χ3n) is 5.89. The molecule has 1 fully saturated rings. The fraction of sp³-hybridized carbons (Fsp3) is 0.250. The number of rotatable bonds is 6. The summed E-state index contributed by atoms with van der Waals surface area (Å²) in [5, 5.41) is 0. The van der Waals surface area contributed by atoms with Crippen LogP contribution in [-0.2, 0) is 23.5 Å². The highest BCUT2D eigenvalue weighted by Gasteiger charge is 2.42. The lowest BCUT2D eigenvalue weighted by atomic mass is 9.87. The van der Waals surface area contributed by atoms with Gasteiger partial charge in [-0.05, 0) is 54.5 Å². The Morgan fingerprint density at radius 3 is 2.57 bits per heavy atom. The van der Waals surface area contributed by atoms with Gasteiger partial charge in [0.25, 0.3) is 0 Å². The van der Waals surface area contributed by atoms with E-state index in [1.54, 1.807) is 12.4 Å². The second-order valence-electron chi connectivity index (χ2n) is 7.86. The highest BCUT2D eigenvalue weighted by molar-refractivity contribution is 5.74. The van der Waals surface area contributed by atoms with Gasteiger partial charge in [-0.2, -0.15) is 0 Å². The number of halogens is 1. The molecule has 2 heterocycles. The Morgan fingerprint density at radius 1 is 1.03 bits per heavy atom. The van der Waals surface area contributed by atoms with E-state index < -0.39 is 5.72 Å². The summed E-state index contributed by atoms with van der Waals surface area (Å²) >= 11 is 0. The lowest BCUT2D eigenvalue weighted by molar-refractivity contribution is -0.170. The quantitative estimate of drug-likeness (QED) is 0.505. The van der Waals surface area contributed by atoms with Crippen LogP contribution >= 0.6 is 0 Å². The summed E-state index contributed by atoms with van der Waals surface area (Å²) in [4.78, 5) is 9.12. The number of aromatic nitrogens is 3. The van der Waals surface area contributed by atoms with Crippen molar-refractivity contribution < 1.29 is 9.13 Å². The van der Waals surface area contributed by atoms with Crippen LogP contribution in [0.2, 0.25) is 0 Å². The lowest BCUT2D eigenvalue weighted by Gasteiger charge is -2.44. The SMILES string of the molecule is Nc1ncn(C2(OCc3ccccc3)CCC2)c2ncc(Cc3cccc(F)c3)c1-2. The third kappa shape index (κ3) is 3.33. The Kier molecular flexibility index (Phi) is 4.71. The second-order valence-corrected chi connectivity index (χ2v) is 7.86. The van der Waals surface area contributed by atoms with Crippen LogP contribution in [0.3, 0.4) is 0 Å². The fourth-order valence-corrected chi connectivity index (χ4v) is 4.14. The van der Waals surface area contributed by atoms with Gasteiger partial charge >= 0.3 is 0 Å². The Labute approximate surface area is 174 Å². The molecule has 2 N–H and O–H groups in total. The zero-order chi connectivity index (χ0) is 20.6. The van der Waals surface area contributed by atoms with Crippen LogP contribution in [0.25, 0.3) is 11.4 Å². The highest BCUT2D eigenvalue weighted by Crippen LogP contribution is 2.45. The van der Waals surface area contributed by atoms with E-state index in [9.17, 15) is 4.39 Å². The lowest BCUT2D eigenvalue weighted by Crippen LogP contribution is -2.44. The second kappa shape index (κ2) is 7.54. The molecule has 0 aromatic heterocycles. The molecular weight excluding hydrogens is 379 g/mol. The molecule has 30 heavy (non-hydrogen) atoms. The number of fused-ring (bicyclic) bond motifs is 1. The maximum Gasteiger partial charge on any atom is 0.147 e. The molecule has 0 bridgehead atoms. The first-order chi connectivity index (χ1) is 14.6. The van der Waals surface area contributed by atoms with Crippen LogP contribution in [0, 0.1) is 5.82 Å². The summed E-state index contributed by atoms with van der Waals surface area (Å²) in [6, 6.07) is 16.7. The Balaban J connectivity index is 1.46. The molecule has 6 heteroatoms. The number of nitrogens with two attached hydrogens (primary N) is 1. The summed E-state index contributed by atoms with van der Waals surface area (Å²) < 4.78 is 22.1. The van der Waals surface area contributed by atoms with E-state index in [4.69, 9.17) is 10.5 Å². The monoisotopic (exact) mass is 402 g/mol.